The molecule has 0 aliphatic carbocycles. The molecule has 0 aliphatic rings. The molecule has 3 rings (SSSR count). The Morgan fingerprint density at radius 2 is 1.83 bits per heavy atom. The topological polar surface area (TPSA) is 88.9 Å². The highest BCUT2D eigenvalue weighted by atomic mass is 127. The van der Waals surface area contributed by atoms with E-state index < -0.39 is 0 Å². The predicted octanol–water partition coefficient (Wildman–Crippen LogP) is 6.44. The van der Waals surface area contributed by atoms with Crippen molar-refractivity contribution in [1.29, 1.82) is 0 Å². The fourth-order valence-corrected chi connectivity index (χ4v) is 5.23. The van der Waals surface area contributed by atoms with E-state index in [1.165, 1.54) is 11.8 Å². The minimum atomic E-state index is -0.352. The Balaban J connectivity index is 1.70. The van der Waals surface area contributed by atoms with Crippen molar-refractivity contribution in [3.05, 3.63) is 68.0 Å². The summed E-state index contributed by atoms with van der Waals surface area (Å²) in [7, 11) is 1.85. The number of thioether (sulfide) groups is 1. The molecule has 0 bridgehead atoms. The molecule has 0 spiro atoms. The van der Waals surface area contributed by atoms with E-state index in [0.29, 0.717) is 39.8 Å². The van der Waals surface area contributed by atoms with E-state index in [0.717, 1.165) is 14.8 Å². The molecule has 1 heterocycles. The molecule has 7 nitrogen and oxygen atoms in total. The first kappa shape index (κ1) is 28.5. The molecule has 0 fully saturated rings. The number of hydrogen-bond acceptors (Lipinski definition) is 5. The van der Waals surface area contributed by atoms with Crippen LogP contribution in [0.25, 0.3) is 0 Å². The number of aromatic nitrogens is 3. The van der Waals surface area contributed by atoms with E-state index >= 15 is 0 Å². The van der Waals surface area contributed by atoms with Crippen molar-refractivity contribution in [2.45, 2.75) is 51.2 Å². The maximum absolute atomic E-state index is 12.9. The Bertz CT molecular complexity index is 1230. The Hall–Kier alpha value is -2.11. The SMILES string of the molecule is CC(C)C[C@@H](NC(=O)c1ccccc1Cl)c1nnc(SCC(=O)Nc2ccc(I)cc2C(C)C)n1C. The summed E-state index contributed by atoms with van der Waals surface area (Å²) < 4.78 is 2.97. The van der Waals surface area contributed by atoms with Crippen molar-refractivity contribution in [1.82, 2.24) is 20.1 Å². The summed E-state index contributed by atoms with van der Waals surface area (Å²) in [5, 5.41) is 15.7. The normalized spacial score (nSPS) is 12.1. The first-order valence-electron chi connectivity index (χ1n) is 11.7. The van der Waals surface area contributed by atoms with Crippen LogP contribution < -0.4 is 10.6 Å². The third kappa shape index (κ3) is 7.45. The standard InChI is InChI=1S/C26H31ClIN5O2S/c1-15(2)12-22(30-25(35)18-8-6-7-9-20(18)27)24-31-32-26(33(24)5)36-14-23(34)29-21-11-10-17(28)13-19(21)16(3)4/h6-11,13,15-16,22H,12,14H2,1-5H3,(H,29,34)(H,30,35)/t22-/m1/s1. The lowest BCUT2D eigenvalue weighted by molar-refractivity contribution is -0.113. The summed E-state index contributed by atoms with van der Waals surface area (Å²) >= 11 is 9.80. The average molecular weight is 640 g/mol. The van der Waals surface area contributed by atoms with Gasteiger partial charge in [-0.05, 0) is 76.7 Å². The van der Waals surface area contributed by atoms with Crippen LogP contribution in [0.4, 0.5) is 5.69 Å². The van der Waals surface area contributed by atoms with Crippen molar-refractivity contribution in [2.24, 2.45) is 13.0 Å². The third-order valence-electron chi connectivity index (χ3n) is 5.55. The van der Waals surface area contributed by atoms with Gasteiger partial charge in [-0.2, -0.15) is 0 Å². The number of nitrogens with one attached hydrogen (secondary N) is 2. The minimum absolute atomic E-state index is 0.113. The quantitative estimate of drug-likeness (QED) is 0.197. The zero-order valence-electron chi connectivity index (χ0n) is 21.0. The number of carbonyl (C=O) groups is 2. The number of rotatable bonds is 10. The Labute approximate surface area is 235 Å². The summed E-state index contributed by atoms with van der Waals surface area (Å²) in [5.74, 6) is 1.05. The second kappa shape index (κ2) is 12.9. The minimum Gasteiger partial charge on any atom is -0.342 e. The van der Waals surface area contributed by atoms with Gasteiger partial charge < -0.3 is 15.2 Å². The summed E-state index contributed by atoms with van der Waals surface area (Å²) in [6.07, 6.45) is 0.679. The number of anilines is 1. The highest BCUT2D eigenvalue weighted by Gasteiger charge is 2.24. The fourth-order valence-electron chi connectivity index (χ4n) is 3.78. The van der Waals surface area contributed by atoms with E-state index in [-0.39, 0.29) is 23.6 Å². The van der Waals surface area contributed by atoms with E-state index in [1.54, 1.807) is 24.3 Å². The molecule has 0 saturated heterocycles. The fraction of sp³-hybridized carbons (Fsp3) is 0.385. The number of benzene rings is 2. The van der Waals surface area contributed by atoms with Crippen molar-refractivity contribution in [2.75, 3.05) is 11.1 Å². The van der Waals surface area contributed by atoms with Crippen molar-refractivity contribution in [3.63, 3.8) is 0 Å². The van der Waals surface area contributed by atoms with Gasteiger partial charge in [0.2, 0.25) is 5.91 Å². The van der Waals surface area contributed by atoms with Gasteiger partial charge in [0.1, 0.15) is 0 Å². The van der Waals surface area contributed by atoms with E-state index in [4.69, 9.17) is 11.6 Å². The lowest BCUT2D eigenvalue weighted by atomic mass is 10.0. The number of amides is 2. The molecule has 0 saturated carbocycles. The lowest BCUT2D eigenvalue weighted by Crippen LogP contribution is -2.31. The Morgan fingerprint density at radius 1 is 1.11 bits per heavy atom. The molecule has 36 heavy (non-hydrogen) atoms. The molecule has 3 aromatic rings. The molecular weight excluding hydrogens is 609 g/mol. The van der Waals surface area contributed by atoms with Crippen LogP contribution in [-0.2, 0) is 11.8 Å². The van der Waals surface area contributed by atoms with Gasteiger partial charge in [-0.3, -0.25) is 9.59 Å². The smallest absolute Gasteiger partial charge is 0.253 e. The van der Waals surface area contributed by atoms with E-state index in [2.05, 4.69) is 77.2 Å². The molecule has 10 heteroatoms. The molecule has 192 valence electrons. The summed E-state index contributed by atoms with van der Waals surface area (Å²) in [4.78, 5) is 25.6. The van der Waals surface area contributed by atoms with Crippen LogP contribution in [0.15, 0.2) is 47.6 Å². The third-order valence-corrected chi connectivity index (χ3v) is 7.57. The highest BCUT2D eigenvalue weighted by Crippen LogP contribution is 2.28. The number of carbonyl (C=O) groups excluding carboxylic acids is 2. The monoisotopic (exact) mass is 639 g/mol. The molecule has 2 amide bonds. The maximum atomic E-state index is 12.9. The van der Waals surface area contributed by atoms with Gasteiger partial charge in [-0.15, -0.1) is 10.2 Å². The van der Waals surface area contributed by atoms with E-state index in [1.807, 2.05) is 23.7 Å². The summed E-state index contributed by atoms with van der Waals surface area (Å²) in [6, 6.07) is 12.6. The maximum Gasteiger partial charge on any atom is 0.253 e. The van der Waals surface area contributed by atoms with Crippen molar-refractivity contribution >= 4 is 63.5 Å². The van der Waals surface area contributed by atoms with Gasteiger partial charge in [-0.1, -0.05) is 63.2 Å². The average Bonchev–Trinajstić information content (AvgIpc) is 3.18. The van der Waals surface area contributed by atoms with Gasteiger partial charge >= 0.3 is 0 Å². The zero-order valence-corrected chi connectivity index (χ0v) is 24.7. The van der Waals surface area contributed by atoms with Crippen LogP contribution >= 0.6 is 46.0 Å². The second-order valence-corrected chi connectivity index (χ2v) is 11.9. The molecule has 2 N–H and O–H groups in total. The van der Waals surface area contributed by atoms with Gasteiger partial charge in [-0.25, -0.2) is 0 Å². The van der Waals surface area contributed by atoms with E-state index in [9.17, 15) is 9.59 Å². The Kier molecular flexibility index (Phi) is 10.2. The molecular formula is C26H31ClIN5O2S. The molecule has 0 aliphatic heterocycles. The second-order valence-electron chi connectivity index (χ2n) is 9.26. The highest BCUT2D eigenvalue weighted by molar-refractivity contribution is 14.1. The molecule has 1 aromatic heterocycles. The zero-order chi connectivity index (χ0) is 26.4. The van der Waals surface area contributed by atoms with Gasteiger partial charge in [0.05, 0.1) is 22.4 Å². The first-order chi connectivity index (χ1) is 17.1. The largest absolute Gasteiger partial charge is 0.342 e. The lowest BCUT2D eigenvalue weighted by Gasteiger charge is -2.20. The van der Waals surface area contributed by atoms with Crippen molar-refractivity contribution < 1.29 is 9.59 Å². The van der Waals surface area contributed by atoms with Crippen molar-refractivity contribution in [3.8, 4) is 0 Å². The van der Waals surface area contributed by atoms with Crippen LogP contribution in [-0.4, -0.2) is 32.3 Å². The van der Waals surface area contributed by atoms with Crippen LogP contribution in [0.2, 0.25) is 5.02 Å². The first-order valence-corrected chi connectivity index (χ1v) is 14.2. The van der Waals surface area contributed by atoms with Crippen LogP contribution in [0.5, 0.6) is 0 Å². The number of halogens is 2. The molecule has 0 unspecified atom stereocenters. The number of hydrogen-bond donors (Lipinski definition) is 2. The molecule has 0 radical (unpaired) electrons. The summed E-state index contributed by atoms with van der Waals surface area (Å²) in [6.45, 7) is 8.38. The van der Waals surface area contributed by atoms with Gasteiger partial charge in [0, 0.05) is 16.3 Å². The van der Waals surface area contributed by atoms with Crippen LogP contribution in [0, 0.1) is 9.49 Å². The van der Waals surface area contributed by atoms with Gasteiger partial charge in [0.25, 0.3) is 5.91 Å². The van der Waals surface area contributed by atoms with Gasteiger partial charge in [0.15, 0.2) is 11.0 Å². The molecule has 1 atom stereocenters. The Morgan fingerprint density at radius 3 is 2.50 bits per heavy atom. The number of nitrogens with zero attached hydrogens (tertiary/aromatic N) is 3. The predicted molar refractivity (Wildman–Crippen MR) is 155 cm³/mol. The summed E-state index contributed by atoms with van der Waals surface area (Å²) in [5.41, 5.74) is 2.35. The molecule has 2 aromatic carbocycles. The van der Waals surface area contributed by atoms with Crippen LogP contribution in [0.1, 0.15) is 67.8 Å². The van der Waals surface area contributed by atoms with Crippen LogP contribution in [0.3, 0.4) is 0 Å².